The van der Waals surface area contributed by atoms with E-state index in [0.717, 1.165) is 22.2 Å². The molecule has 0 fully saturated rings. The Morgan fingerprint density at radius 1 is 0.806 bits per heavy atom. The summed E-state index contributed by atoms with van der Waals surface area (Å²) in [6.07, 6.45) is 1.69. The van der Waals surface area contributed by atoms with Crippen LogP contribution in [0.15, 0.2) is 83.5 Å². The SMILES string of the molecule is COc1ccc(C=C2N=C(SCN3C(=O)c4ccccc4C3=O)N(c3cccc(OC)c3)C2=O)cc1. The summed E-state index contributed by atoms with van der Waals surface area (Å²) in [4.78, 5) is 46.3. The normalized spacial score (nSPS) is 16.0. The number of nitrogens with zero attached hydrogens (tertiary/aromatic N) is 3. The molecule has 2 heterocycles. The Hall–Kier alpha value is -4.37. The van der Waals surface area contributed by atoms with Gasteiger partial charge in [-0.05, 0) is 48.0 Å². The molecule has 0 aliphatic carbocycles. The van der Waals surface area contributed by atoms with E-state index in [0.29, 0.717) is 33.5 Å². The molecule has 0 aromatic heterocycles. The summed E-state index contributed by atoms with van der Waals surface area (Å²) in [7, 11) is 3.13. The van der Waals surface area contributed by atoms with E-state index in [4.69, 9.17) is 9.47 Å². The Balaban J connectivity index is 1.46. The van der Waals surface area contributed by atoms with Crippen molar-refractivity contribution in [1.29, 1.82) is 0 Å². The predicted octanol–water partition coefficient (Wildman–Crippen LogP) is 4.43. The number of hydrogen-bond acceptors (Lipinski definition) is 7. The number of aliphatic imine (C=N–C) groups is 1. The zero-order valence-electron chi connectivity index (χ0n) is 19.5. The van der Waals surface area contributed by atoms with Crippen molar-refractivity contribution in [1.82, 2.24) is 4.90 Å². The van der Waals surface area contributed by atoms with Gasteiger partial charge in [0.1, 0.15) is 17.2 Å². The maximum Gasteiger partial charge on any atom is 0.283 e. The van der Waals surface area contributed by atoms with Crippen molar-refractivity contribution < 1.29 is 23.9 Å². The van der Waals surface area contributed by atoms with Crippen LogP contribution in [-0.2, 0) is 4.79 Å². The molecular weight excluding hydrogens is 478 g/mol. The van der Waals surface area contributed by atoms with Gasteiger partial charge in [0.25, 0.3) is 17.7 Å². The van der Waals surface area contributed by atoms with Gasteiger partial charge in [0.05, 0.1) is 36.9 Å². The molecule has 0 radical (unpaired) electrons. The molecule has 36 heavy (non-hydrogen) atoms. The van der Waals surface area contributed by atoms with Gasteiger partial charge in [-0.2, -0.15) is 0 Å². The molecule has 5 rings (SSSR count). The second-order valence-corrected chi connectivity index (χ2v) is 8.81. The van der Waals surface area contributed by atoms with Crippen LogP contribution in [0.4, 0.5) is 5.69 Å². The molecular formula is C27H21N3O5S. The summed E-state index contributed by atoms with van der Waals surface area (Å²) in [5.74, 6) is 0.231. The van der Waals surface area contributed by atoms with E-state index < -0.39 is 0 Å². The average molecular weight is 500 g/mol. The van der Waals surface area contributed by atoms with Gasteiger partial charge in [-0.3, -0.25) is 24.2 Å². The highest BCUT2D eigenvalue weighted by atomic mass is 32.2. The maximum atomic E-state index is 13.5. The number of anilines is 1. The summed E-state index contributed by atoms with van der Waals surface area (Å²) in [5.41, 5.74) is 2.31. The first-order valence-electron chi connectivity index (χ1n) is 11.0. The molecule has 3 aromatic carbocycles. The van der Waals surface area contributed by atoms with Crippen molar-refractivity contribution in [2.24, 2.45) is 4.99 Å². The van der Waals surface area contributed by atoms with E-state index in [2.05, 4.69) is 4.99 Å². The Morgan fingerprint density at radius 3 is 2.11 bits per heavy atom. The van der Waals surface area contributed by atoms with Crippen LogP contribution in [0.25, 0.3) is 6.08 Å². The lowest BCUT2D eigenvalue weighted by Gasteiger charge is -2.20. The molecule has 0 atom stereocenters. The number of carbonyl (C=O) groups is 3. The van der Waals surface area contributed by atoms with E-state index in [1.165, 1.54) is 4.90 Å². The number of methoxy groups -OCH3 is 2. The average Bonchev–Trinajstić information content (AvgIpc) is 3.35. The molecule has 0 saturated heterocycles. The van der Waals surface area contributed by atoms with E-state index in [-0.39, 0.29) is 29.3 Å². The third kappa shape index (κ3) is 4.25. The smallest absolute Gasteiger partial charge is 0.283 e. The van der Waals surface area contributed by atoms with Crippen LogP contribution in [0, 0.1) is 0 Å². The number of hydrogen-bond donors (Lipinski definition) is 0. The fraction of sp³-hybridized carbons (Fsp3) is 0.111. The molecule has 2 aliphatic rings. The molecule has 9 heteroatoms. The largest absolute Gasteiger partial charge is 0.497 e. The number of fused-ring (bicyclic) bond motifs is 1. The number of rotatable bonds is 6. The van der Waals surface area contributed by atoms with Gasteiger partial charge < -0.3 is 9.47 Å². The zero-order chi connectivity index (χ0) is 25.2. The summed E-state index contributed by atoms with van der Waals surface area (Å²) >= 11 is 1.14. The number of ether oxygens (including phenoxy) is 2. The molecule has 0 spiro atoms. The fourth-order valence-corrected chi connectivity index (χ4v) is 4.87. The van der Waals surface area contributed by atoms with Crippen LogP contribution < -0.4 is 14.4 Å². The van der Waals surface area contributed by atoms with Crippen LogP contribution in [0.5, 0.6) is 11.5 Å². The van der Waals surface area contributed by atoms with Crippen molar-refractivity contribution in [3.05, 3.63) is 95.2 Å². The van der Waals surface area contributed by atoms with Crippen LogP contribution in [0.3, 0.4) is 0 Å². The van der Waals surface area contributed by atoms with Gasteiger partial charge in [-0.25, -0.2) is 4.99 Å². The van der Waals surface area contributed by atoms with Gasteiger partial charge in [0.2, 0.25) is 0 Å². The second kappa shape index (κ2) is 9.71. The lowest BCUT2D eigenvalue weighted by atomic mass is 10.1. The summed E-state index contributed by atoms with van der Waals surface area (Å²) < 4.78 is 10.5. The Bertz CT molecular complexity index is 1400. The Labute approximate surface area is 211 Å². The minimum atomic E-state index is -0.366. The number of imide groups is 1. The summed E-state index contributed by atoms with van der Waals surface area (Å²) in [6.45, 7) is 0. The Kier molecular flexibility index (Phi) is 6.30. The molecule has 0 saturated carbocycles. The lowest BCUT2D eigenvalue weighted by Crippen LogP contribution is -2.34. The first-order valence-corrected chi connectivity index (χ1v) is 12.0. The number of amides is 3. The van der Waals surface area contributed by atoms with Gasteiger partial charge >= 0.3 is 0 Å². The van der Waals surface area contributed by atoms with Gasteiger partial charge in [0, 0.05) is 6.07 Å². The standard InChI is InChI=1S/C27H21N3O5S/c1-34-19-12-10-17(11-13-19)14-23-26(33)30(18-6-5-7-20(15-18)35-2)27(28-23)36-16-29-24(31)21-8-3-4-9-22(21)25(29)32/h3-15H,16H2,1-2H3. The monoisotopic (exact) mass is 499 g/mol. The quantitative estimate of drug-likeness (QED) is 0.368. The number of amidine groups is 1. The van der Waals surface area contributed by atoms with E-state index in [1.807, 2.05) is 12.1 Å². The van der Waals surface area contributed by atoms with Crippen LogP contribution in [-0.4, -0.2) is 47.9 Å². The third-order valence-electron chi connectivity index (χ3n) is 5.76. The molecule has 8 nitrogen and oxygen atoms in total. The molecule has 3 amide bonds. The highest BCUT2D eigenvalue weighted by Crippen LogP contribution is 2.33. The van der Waals surface area contributed by atoms with Crippen molar-refractivity contribution in [3.8, 4) is 11.5 Å². The molecule has 0 N–H and O–H groups in total. The number of carbonyl (C=O) groups excluding carboxylic acids is 3. The van der Waals surface area contributed by atoms with E-state index in [9.17, 15) is 14.4 Å². The van der Waals surface area contributed by atoms with Crippen LogP contribution >= 0.6 is 11.8 Å². The Morgan fingerprint density at radius 2 is 1.47 bits per heavy atom. The fourth-order valence-electron chi connectivity index (χ4n) is 3.91. The molecule has 180 valence electrons. The van der Waals surface area contributed by atoms with Crippen molar-refractivity contribution in [3.63, 3.8) is 0 Å². The highest BCUT2D eigenvalue weighted by Gasteiger charge is 2.37. The van der Waals surface area contributed by atoms with Gasteiger partial charge in [0.15, 0.2) is 5.17 Å². The second-order valence-electron chi connectivity index (χ2n) is 7.90. The molecule has 3 aromatic rings. The van der Waals surface area contributed by atoms with Crippen LogP contribution in [0.2, 0.25) is 0 Å². The third-order valence-corrected chi connectivity index (χ3v) is 6.68. The van der Waals surface area contributed by atoms with Crippen LogP contribution in [0.1, 0.15) is 26.3 Å². The minimum Gasteiger partial charge on any atom is -0.497 e. The van der Waals surface area contributed by atoms with Gasteiger partial charge in [-0.15, -0.1) is 0 Å². The first kappa shape index (κ1) is 23.4. The molecule has 0 bridgehead atoms. The van der Waals surface area contributed by atoms with Crippen molar-refractivity contribution in [2.75, 3.05) is 25.0 Å². The topological polar surface area (TPSA) is 88.5 Å². The molecule has 2 aliphatic heterocycles. The van der Waals surface area contributed by atoms with Crippen molar-refractivity contribution >= 4 is 46.4 Å². The van der Waals surface area contributed by atoms with Gasteiger partial charge in [-0.1, -0.05) is 42.1 Å². The van der Waals surface area contributed by atoms with E-state index in [1.54, 1.807) is 81.0 Å². The number of benzene rings is 3. The minimum absolute atomic E-state index is 0.00867. The van der Waals surface area contributed by atoms with E-state index >= 15 is 0 Å². The maximum absolute atomic E-state index is 13.5. The summed E-state index contributed by atoms with van der Waals surface area (Å²) in [5, 5.41) is 0.351. The lowest BCUT2D eigenvalue weighted by molar-refractivity contribution is -0.113. The summed E-state index contributed by atoms with van der Waals surface area (Å²) in [6, 6.07) is 21.0. The number of thioether (sulfide) groups is 1. The van der Waals surface area contributed by atoms with Crippen molar-refractivity contribution in [2.45, 2.75) is 0 Å². The first-order chi connectivity index (χ1) is 17.5. The zero-order valence-corrected chi connectivity index (χ0v) is 20.3. The highest BCUT2D eigenvalue weighted by molar-refractivity contribution is 8.14. The predicted molar refractivity (Wildman–Crippen MR) is 138 cm³/mol. The molecule has 0 unspecified atom stereocenters.